The minimum absolute atomic E-state index is 0.279. The summed E-state index contributed by atoms with van der Waals surface area (Å²) in [7, 11) is 2.95. The SMILES string of the molecule is CON(C)C(=O)[C@H](CC1CCCNC1)NC(=O)OC(C)(C)C. The normalized spacial score (nSPS) is 20.1. The summed E-state index contributed by atoms with van der Waals surface area (Å²) in [6.45, 7) is 7.23. The molecule has 0 aromatic heterocycles. The molecule has 7 nitrogen and oxygen atoms in total. The van der Waals surface area contributed by atoms with E-state index in [1.807, 2.05) is 0 Å². The highest BCUT2D eigenvalue weighted by atomic mass is 16.7. The molecule has 2 amide bonds. The highest BCUT2D eigenvalue weighted by molar-refractivity contribution is 5.84. The number of hydrogen-bond donors (Lipinski definition) is 2. The quantitative estimate of drug-likeness (QED) is 0.747. The molecule has 2 N–H and O–H groups in total. The summed E-state index contributed by atoms with van der Waals surface area (Å²) in [5, 5.41) is 7.13. The summed E-state index contributed by atoms with van der Waals surface area (Å²) in [6, 6.07) is -0.648. The Balaban J connectivity index is 2.68. The van der Waals surface area contributed by atoms with Crippen molar-refractivity contribution in [2.24, 2.45) is 5.92 Å². The molecule has 0 aromatic carbocycles. The number of carbonyl (C=O) groups excluding carboxylic acids is 2. The maximum Gasteiger partial charge on any atom is 0.408 e. The zero-order chi connectivity index (χ0) is 16.8. The van der Waals surface area contributed by atoms with E-state index in [-0.39, 0.29) is 5.91 Å². The van der Waals surface area contributed by atoms with Gasteiger partial charge >= 0.3 is 6.09 Å². The van der Waals surface area contributed by atoms with Crippen LogP contribution in [0.15, 0.2) is 0 Å². The Kier molecular flexibility index (Phi) is 7.09. The van der Waals surface area contributed by atoms with E-state index in [9.17, 15) is 9.59 Å². The Morgan fingerprint density at radius 2 is 2.09 bits per heavy atom. The number of likely N-dealkylation sites (N-methyl/N-ethyl adjacent to an activating group) is 1. The van der Waals surface area contributed by atoms with Crippen LogP contribution in [0, 0.1) is 5.92 Å². The van der Waals surface area contributed by atoms with Gasteiger partial charge in [0.05, 0.1) is 7.11 Å². The fourth-order valence-electron chi connectivity index (χ4n) is 2.44. The van der Waals surface area contributed by atoms with E-state index in [2.05, 4.69) is 10.6 Å². The van der Waals surface area contributed by atoms with Crippen molar-refractivity contribution < 1.29 is 19.2 Å². The Bertz CT molecular complexity index is 375. The molecule has 7 heteroatoms. The third-order valence-electron chi connectivity index (χ3n) is 3.54. The predicted octanol–water partition coefficient (Wildman–Crippen LogP) is 1.29. The Morgan fingerprint density at radius 1 is 1.41 bits per heavy atom. The monoisotopic (exact) mass is 315 g/mol. The first-order chi connectivity index (χ1) is 10.2. The Labute approximate surface area is 132 Å². The van der Waals surface area contributed by atoms with Crippen LogP contribution in [-0.4, -0.2) is 56.0 Å². The van der Waals surface area contributed by atoms with Gasteiger partial charge in [0.1, 0.15) is 11.6 Å². The van der Waals surface area contributed by atoms with Gasteiger partial charge in [-0.05, 0) is 59.0 Å². The summed E-state index contributed by atoms with van der Waals surface area (Å²) in [5.74, 6) is 0.0711. The highest BCUT2D eigenvalue weighted by Crippen LogP contribution is 2.18. The van der Waals surface area contributed by atoms with Gasteiger partial charge in [-0.3, -0.25) is 9.63 Å². The maximum atomic E-state index is 12.4. The largest absolute Gasteiger partial charge is 0.444 e. The van der Waals surface area contributed by atoms with Crippen LogP contribution < -0.4 is 10.6 Å². The van der Waals surface area contributed by atoms with Crippen molar-refractivity contribution in [3.63, 3.8) is 0 Å². The second kappa shape index (κ2) is 8.33. The number of amides is 2. The molecule has 0 bridgehead atoms. The van der Waals surface area contributed by atoms with Crippen LogP contribution in [0.2, 0.25) is 0 Å². The van der Waals surface area contributed by atoms with Crippen molar-refractivity contribution in [3.8, 4) is 0 Å². The molecule has 1 aliphatic rings. The molecule has 22 heavy (non-hydrogen) atoms. The van der Waals surface area contributed by atoms with Crippen molar-refractivity contribution in [1.29, 1.82) is 0 Å². The van der Waals surface area contributed by atoms with Crippen molar-refractivity contribution >= 4 is 12.0 Å². The van der Waals surface area contributed by atoms with Crippen LogP contribution in [-0.2, 0) is 14.4 Å². The second-order valence-corrected chi connectivity index (χ2v) is 6.67. The number of carbonyl (C=O) groups is 2. The molecule has 0 aliphatic carbocycles. The number of rotatable bonds is 5. The van der Waals surface area contributed by atoms with E-state index < -0.39 is 17.7 Å². The fourth-order valence-corrected chi connectivity index (χ4v) is 2.44. The van der Waals surface area contributed by atoms with E-state index in [1.165, 1.54) is 14.2 Å². The molecule has 1 rings (SSSR count). The summed E-state index contributed by atoms with van der Waals surface area (Å²) in [5.41, 5.74) is -0.600. The highest BCUT2D eigenvalue weighted by Gasteiger charge is 2.29. The summed E-state index contributed by atoms with van der Waals surface area (Å²) in [4.78, 5) is 29.3. The van der Waals surface area contributed by atoms with E-state index in [1.54, 1.807) is 20.8 Å². The first-order valence-corrected chi connectivity index (χ1v) is 7.75. The van der Waals surface area contributed by atoms with Crippen LogP contribution in [0.5, 0.6) is 0 Å². The average molecular weight is 315 g/mol. The molecule has 1 fully saturated rings. The number of hydrogen-bond acceptors (Lipinski definition) is 5. The summed E-state index contributed by atoms with van der Waals surface area (Å²) < 4.78 is 5.24. The molecule has 0 radical (unpaired) electrons. The van der Waals surface area contributed by atoms with Gasteiger partial charge in [0, 0.05) is 7.05 Å². The number of alkyl carbamates (subject to hydrolysis) is 1. The van der Waals surface area contributed by atoms with Gasteiger partial charge < -0.3 is 15.4 Å². The lowest BCUT2D eigenvalue weighted by Crippen LogP contribution is -2.50. The van der Waals surface area contributed by atoms with Gasteiger partial charge in [0.15, 0.2) is 0 Å². The molecule has 1 heterocycles. The number of piperidine rings is 1. The maximum absolute atomic E-state index is 12.4. The molecule has 128 valence electrons. The number of ether oxygens (including phenoxy) is 1. The second-order valence-electron chi connectivity index (χ2n) is 6.67. The van der Waals surface area contributed by atoms with Gasteiger partial charge in [-0.25, -0.2) is 9.86 Å². The predicted molar refractivity (Wildman–Crippen MR) is 83.1 cm³/mol. The molecule has 0 spiro atoms. The van der Waals surface area contributed by atoms with Crippen LogP contribution >= 0.6 is 0 Å². The van der Waals surface area contributed by atoms with Gasteiger partial charge in [-0.15, -0.1) is 0 Å². The van der Waals surface area contributed by atoms with Crippen LogP contribution in [0.3, 0.4) is 0 Å². The summed E-state index contributed by atoms with van der Waals surface area (Å²) in [6.07, 6.45) is 2.11. The molecule has 0 saturated carbocycles. The van der Waals surface area contributed by atoms with E-state index in [0.29, 0.717) is 12.3 Å². The number of hydroxylamine groups is 2. The zero-order valence-electron chi connectivity index (χ0n) is 14.3. The lowest BCUT2D eigenvalue weighted by molar-refractivity contribution is -0.171. The molecule has 2 atom stereocenters. The molecule has 1 aliphatic heterocycles. The summed E-state index contributed by atoms with van der Waals surface area (Å²) >= 11 is 0. The molecule has 0 aromatic rings. The van der Waals surface area contributed by atoms with Gasteiger partial charge in [-0.2, -0.15) is 0 Å². The minimum atomic E-state index is -0.648. The Hall–Kier alpha value is -1.34. The minimum Gasteiger partial charge on any atom is -0.444 e. The molecular weight excluding hydrogens is 286 g/mol. The van der Waals surface area contributed by atoms with E-state index >= 15 is 0 Å². The molecular formula is C15H29N3O4. The van der Waals surface area contributed by atoms with Crippen LogP contribution in [0.1, 0.15) is 40.0 Å². The van der Waals surface area contributed by atoms with Crippen molar-refractivity contribution in [2.75, 3.05) is 27.2 Å². The van der Waals surface area contributed by atoms with Crippen molar-refractivity contribution in [1.82, 2.24) is 15.7 Å². The number of nitrogens with zero attached hydrogens (tertiary/aromatic N) is 1. The fraction of sp³-hybridized carbons (Fsp3) is 0.867. The third kappa shape index (κ3) is 6.62. The van der Waals surface area contributed by atoms with E-state index in [0.717, 1.165) is 31.0 Å². The molecule has 1 saturated heterocycles. The van der Waals surface area contributed by atoms with E-state index in [4.69, 9.17) is 9.57 Å². The average Bonchev–Trinajstić information content (AvgIpc) is 2.44. The van der Waals surface area contributed by atoms with Gasteiger partial charge in [0.2, 0.25) is 0 Å². The van der Waals surface area contributed by atoms with Crippen molar-refractivity contribution in [2.45, 2.75) is 51.7 Å². The van der Waals surface area contributed by atoms with Crippen LogP contribution in [0.4, 0.5) is 4.79 Å². The zero-order valence-corrected chi connectivity index (χ0v) is 14.3. The lowest BCUT2D eigenvalue weighted by Gasteiger charge is -2.29. The topological polar surface area (TPSA) is 79.9 Å². The third-order valence-corrected chi connectivity index (χ3v) is 3.54. The Morgan fingerprint density at radius 3 is 2.59 bits per heavy atom. The smallest absolute Gasteiger partial charge is 0.408 e. The lowest BCUT2D eigenvalue weighted by atomic mass is 9.92. The first-order valence-electron chi connectivity index (χ1n) is 7.75. The van der Waals surface area contributed by atoms with Crippen molar-refractivity contribution in [3.05, 3.63) is 0 Å². The van der Waals surface area contributed by atoms with Gasteiger partial charge in [0.25, 0.3) is 5.91 Å². The number of nitrogens with one attached hydrogen (secondary N) is 2. The van der Waals surface area contributed by atoms with Gasteiger partial charge in [-0.1, -0.05) is 0 Å². The van der Waals surface area contributed by atoms with Crippen LogP contribution in [0.25, 0.3) is 0 Å². The first kappa shape index (κ1) is 18.7. The molecule has 1 unspecified atom stereocenters. The standard InChI is InChI=1S/C15H29N3O4/c1-15(2,3)22-14(20)17-12(13(19)18(4)21-5)9-11-7-6-8-16-10-11/h11-12,16H,6-10H2,1-5H3,(H,17,20)/t11?,12-/m0/s1.